The van der Waals surface area contributed by atoms with Gasteiger partial charge in [0, 0.05) is 12.2 Å². The summed E-state index contributed by atoms with van der Waals surface area (Å²) in [6, 6.07) is 6.26. The molecule has 30 heavy (non-hydrogen) atoms. The van der Waals surface area contributed by atoms with Gasteiger partial charge in [-0.25, -0.2) is 9.78 Å². The molecule has 1 saturated heterocycles. The van der Waals surface area contributed by atoms with E-state index in [-0.39, 0.29) is 30.0 Å². The Hall–Kier alpha value is -2.52. The molecule has 2 amide bonds. The van der Waals surface area contributed by atoms with E-state index < -0.39 is 17.8 Å². The lowest BCUT2D eigenvalue weighted by molar-refractivity contribution is -0.137. The highest BCUT2D eigenvalue weighted by Gasteiger charge is 2.31. The molecular weight excluding hydrogens is 423 g/mol. The van der Waals surface area contributed by atoms with Crippen LogP contribution in [0.15, 0.2) is 30.3 Å². The number of aryl methyl sites for hydroxylation is 2. The van der Waals surface area contributed by atoms with Crippen LogP contribution in [0, 0.1) is 13.8 Å². The average Bonchev–Trinajstić information content (AvgIpc) is 2.65. The molecule has 1 fully saturated rings. The summed E-state index contributed by atoms with van der Waals surface area (Å²) in [5.41, 5.74) is 0.933. The number of ether oxygens (including phenoxy) is 2. The summed E-state index contributed by atoms with van der Waals surface area (Å²) < 4.78 is 49.3. The summed E-state index contributed by atoms with van der Waals surface area (Å²) in [4.78, 5) is 18.4. The lowest BCUT2D eigenvalue weighted by atomic mass is 10.2. The summed E-state index contributed by atoms with van der Waals surface area (Å²) in [6.07, 6.45) is -4.93. The van der Waals surface area contributed by atoms with Crippen LogP contribution in [0.3, 0.4) is 0 Å². The number of benzene rings is 1. The number of rotatable bonds is 4. The standard InChI is InChI=1S/C20H21ClF3N3O3/c1-12-7-13(2)25-18(8-12)26-19(28)27-5-6-29-15(10-27)11-30-17-4-3-14(9-16(17)21)20(22,23)24/h3-4,7-9,15H,5-6,10-11H2,1-2H3,(H,25,26,28). The van der Waals surface area contributed by atoms with Crippen molar-refractivity contribution in [1.29, 1.82) is 0 Å². The molecule has 1 unspecified atom stereocenters. The molecule has 1 aromatic carbocycles. The van der Waals surface area contributed by atoms with Gasteiger partial charge >= 0.3 is 12.2 Å². The molecule has 1 aliphatic heterocycles. The SMILES string of the molecule is Cc1cc(C)nc(NC(=O)N2CCOC(COc3ccc(C(F)(F)F)cc3Cl)C2)c1. The molecule has 0 spiro atoms. The first-order valence-corrected chi connectivity index (χ1v) is 9.62. The smallest absolute Gasteiger partial charge is 0.416 e. The van der Waals surface area contributed by atoms with Gasteiger partial charge in [0.1, 0.15) is 24.3 Å². The van der Waals surface area contributed by atoms with E-state index in [1.807, 2.05) is 19.9 Å². The van der Waals surface area contributed by atoms with Crippen molar-refractivity contribution in [2.45, 2.75) is 26.1 Å². The van der Waals surface area contributed by atoms with Gasteiger partial charge in [0.15, 0.2) is 0 Å². The number of morpholine rings is 1. The summed E-state index contributed by atoms with van der Waals surface area (Å²) >= 11 is 5.90. The first-order chi connectivity index (χ1) is 14.1. The maximum Gasteiger partial charge on any atom is 0.416 e. The predicted octanol–water partition coefficient (Wildman–Crippen LogP) is 4.68. The molecule has 1 N–H and O–H groups in total. The van der Waals surface area contributed by atoms with E-state index in [0.717, 1.165) is 23.4 Å². The lowest BCUT2D eigenvalue weighted by Gasteiger charge is -2.32. The van der Waals surface area contributed by atoms with Crippen molar-refractivity contribution < 1.29 is 27.4 Å². The molecule has 0 bridgehead atoms. The van der Waals surface area contributed by atoms with Crippen LogP contribution >= 0.6 is 11.6 Å². The highest BCUT2D eigenvalue weighted by atomic mass is 35.5. The fourth-order valence-corrected chi connectivity index (χ4v) is 3.31. The lowest BCUT2D eigenvalue weighted by Crippen LogP contribution is -2.49. The van der Waals surface area contributed by atoms with Crippen LogP contribution in [-0.2, 0) is 10.9 Å². The molecule has 1 atom stereocenters. The number of anilines is 1. The van der Waals surface area contributed by atoms with Crippen LogP contribution in [0.1, 0.15) is 16.8 Å². The first kappa shape index (κ1) is 22.2. The molecule has 3 rings (SSSR count). The van der Waals surface area contributed by atoms with Gasteiger partial charge < -0.3 is 14.4 Å². The Kier molecular flexibility index (Phi) is 6.72. The van der Waals surface area contributed by atoms with Crippen molar-refractivity contribution in [2.75, 3.05) is 31.6 Å². The third-order valence-electron chi connectivity index (χ3n) is 4.44. The zero-order valence-corrected chi connectivity index (χ0v) is 17.2. The maximum absolute atomic E-state index is 12.7. The van der Waals surface area contributed by atoms with E-state index in [9.17, 15) is 18.0 Å². The van der Waals surface area contributed by atoms with Crippen LogP contribution in [0.2, 0.25) is 5.02 Å². The molecule has 6 nitrogen and oxygen atoms in total. The minimum atomic E-state index is -4.48. The molecule has 2 aromatic rings. The average molecular weight is 444 g/mol. The second-order valence-corrected chi connectivity index (χ2v) is 7.40. The number of nitrogens with zero attached hydrogens (tertiary/aromatic N) is 2. The normalized spacial score (nSPS) is 17.0. The minimum absolute atomic E-state index is 0.0384. The number of carbonyl (C=O) groups is 1. The number of hydrogen-bond acceptors (Lipinski definition) is 4. The number of pyridine rings is 1. The highest BCUT2D eigenvalue weighted by molar-refractivity contribution is 6.32. The van der Waals surface area contributed by atoms with Crippen molar-refractivity contribution >= 4 is 23.4 Å². The third kappa shape index (κ3) is 5.76. The number of hydrogen-bond donors (Lipinski definition) is 1. The summed E-state index contributed by atoms with van der Waals surface area (Å²) in [7, 11) is 0. The highest BCUT2D eigenvalue weighted by Crippen LogP contribution is 2.34. The topological polar surface area (TPSA) is 63.7 Å². The van der Waals surface area contributed by atoms with E-state index in [0.29, 0.717) is 19.0 Å². The maximum atomic E-state index is 12.7. The van der Waals surface area contributed by atoms with Crippen LogP contribution in [-0.4, -0.2) is 48.3 Å². The zero-order valence-electron chi connectivity index (χ0n) is 16.4. The number of amides is 2. The van der Waals surface area contributed by atoms with Gasteiger partial charge in [-0.2, -0.15) is 13.2 Å². The van der Waals surface area contributed by atoms with Gasteiger partial charge in [-0.1, -0.05) is 11.6 Å². The number of nitrogens with one attached hydrogen (secondary N) is 1. The molecule has 0 aliphatic carbocycles. The van der Waals surface area contributed by atoms with E-state index in [1.165, 1.54) is 6.07 Å². The van der Waals surface area contributed by atoms with Gasteiger partial charge in [0.25, 0.3) is 0 Å². The molecule has 2 heterocycles. The second kappa shape index (κ2) is 9.09. The van der Waals surface area contributed by atoms with E-state index in [1.54, 1.807) is 11.0 Å². The molecule has 0 saturated carbocycles. The van der Waals surface area contributed by atoms with Crippen molar-refractivity contribution in [2.24, 2.45) is 0 Å². The van der Waals surface area contributed by atoms with Gasteiger partial charge in [-0.15, -0.1) is 0 Å². The molecule has 162 valence electrons. The van der Waals surface area contributed by atoms with Gasteiger partial charge in [0.05, 0.1) is 23.7 Å². The minimum Gasteiger partial charge on any atom is -0.489 e. The molecule has 1 aromatic heterocycles. The Balaban J connectivity index is 1.56. The summed E-state index contributed by atoms with van der Waals surface area (Å²) in [5.74, 6) is 0.586. The monoisotopic (exact) mass is 443 g/mol. The molecule has 0 radical (unpaired) electrons. The van der Waals surface area contributed by atoms with Crippen LogP contribution in [0.25, 0.3) is 0 Å². The summed E-state index contributed by atoms with van der Waals surface area (Å²) in [6.45, 7) is 4.76. The predicted molar refractivity (Wildman–Crippen MR) is 106 cm³/mol. The van der Waals surface area contributed by atoms with Crippen LogP contribution in [0.5, 0.6) is 5.75 Å². The van der Waals surface area contributed by atoms with Gasteiger partial charge in [0.2, 0.25) is 0 Å². The Morgan fingerprint density at radius 3 is 2.77 bits per heavy atom. The Morgan fingerprint density at radius 2 is 2.10 bits per heavy atom. The van der Waals surface area contributed by atoms with Crippen molar-refractivity contribution in [1.82, 2.24) is 9.88 Å². The van der Waals surface area contributed by atoms with Crippen molar-refractivity contribution in [3.8, 4) is 5.75 Å². The summed E-state index contributed by atoms with van der Waals surface area (Å²) in [5, 5.41) is 2.63. The Labute approximate surface area is 176 Å². The molecular formula is C20H21ClF3N3O3. The van der Waals surface area contributed by atoms with Crippen molar-refractivity contribution in [3.63, 3.8) is 0 Å². The van der Waals surface area contributed by atoms with E-state index in [2.05, 4.69) is 10.3 Å². The second-order valence-electron chi connectivity index (χ2n) is 6.99. The third-order valence-corrected chi connectivity index (χ3v) is 4.74. The fraction of sp³-hybridized carbons (Fsp3) is 0.400. The van der Waals surface area contributed by atoms with Crippen LogP contribution < -0.4 is 10.1 Å². The van der Waals surface area contributed by atoms with Gasteiger partial charge in [-0.3, -0.25) is 5.32 Å². The fourth-order valence-electron chi connectivity index (χ4n) is 3.08. The largest absolute Gasteiger partial charge is 0.489 e. The number of carbonyl (C=O) groups excluding carboxylic acids is 1. The number of urea groups is 1. The van der Waals surface area contributed by atoms with Crippen LogP contribution in [0.4, 0.5) is 23.8 Å². The van der Waals surface area contributed by atoms with Crippen molar-refractivity contribution in [3.05, 3.63) is 52.2 Å². The van der Waals surface area contributed by atoms with E-state index in [4.69, 9.17) is 21.1 Å². The van der Waals surface area contributed by atoms with E-state index >= 15 is 0 Å². The Morgan fingerprint density at radius 1 is 1.33 bits per heavy atom. The quantitative estimate of drug-likeness (QED) is 0.745. The number of halogens is 4. The zero-order chi connectivity index (χ0) is 21.9. The number of aromatic nitrogens is 1. The first-order valence-electron chi connectivity index (χ1n) is 9.24. The van der Waals surface area contributed by atoms with Gasteiger partial charge in [-0.05, 0) is 49.7 Å². The molecule has 10 heteroatoms. The number of alkyl halides is 3. The molecule has 1 aliphatic rings. The Bertz CT molecular complexity index is 904.